The van der Waals surface area contributed by atoms with E-state index < -0.39 is 11.6 Å². The Hall–Kier alpha value is -3.36. The Balaban J connectivity index is 0.000000173. The number of phenolic OH excluding ortho intramolecular Hbond substituents is 1. The Bertz CT molecular complexity index is 1890. The van der Waals surface area contributed by atoms with E-state index in [0.29, 0.717) is 26.2 Å². The Morgan fingerprint density at radius 2 is 1.19 bits per heavy atom. The SMILES string of the molecule is C#CCOc1cc(-c2c(Cl)n3n(c2=O)CCCC3)c(F)cc1Cl.O=c1c(-c2cc(O)c(Cl)cc2F)c(Cl)n2n1CCCC2. The van der Waals surface area contributed by atoms with E-state index in [4.69, 9.17) is 57.6 Å². The Morgan fingerprint density at radius 3 is 1.65 bits per heavy atom. The van der Waals surface area contributed by atoms with E-state index in [-0.39, 0.29) is 71.8 Å². The van der Waals surface area contributed by atoms with Gasteiger partial charge in [0.05, 0.1) is 21.2 Å². The molecule has 0 amide bonds. The lowest BCUT2D eigenvalue weighted by atomic mass is 10.1. The number of halogens is 6. The minimum atomic E-state index is -0.685. The van der Waals surface area contributed by atoms with Crippen LogP contribution in [-0.4, -0.2) is 30.4 Å². The van der Waals surface area contributed by atoms with E-state index in [0.717, 1.165) is 43.9 Å². The molecule has 0 atom stereocenters. The van der Waals surface area contributed by atoms with Crippen LogP contribution in [0.15, 0.2) is 33.9 Å². The number of benzene rings is 2. The molecular weight excluding hydrogens is 648 g/mol. The van der Waals surface area contributed by atoms with Gasteiger partial charge in [-0.3, -0.25) is 19.0 Å². The number of nitrogens with zero attached hydrogens (tertiary/aromatic N) is 4. The molecule has 0 saturated carbocycles. The topological polar surface area (TPSA) is 83.3 Å². The summed E-state index contributed by atoms with van der Waals surface area (Å²) >= 11 is 24.1. The highest BCUT2D eigenvalue weighted by molar-refractivity contribution is 6.34. The van der Waals surface area contributed by atoms with Gasteiger partial charge in [0.25, 0.3) is 11.1 Å². The highest BCUT2D eigenvalue weighted by Gasteiger charge is 2.26. The fraction of sp³-hybridized carbons (Fsp3) is 0.310. The zero-order valence-corrected chi connectivity index (χ0v) is 25.5. The molecule has 0 spiro atoms. The first-order valence-electron chi connectivity index (χ1n) is 13.3. The molecule has 0 fully saturated rings. The van der Waals surface area contributed by atoms with Crippen LogP contribution in [0.25, 0.3) is 22.3 Å². The number of aromatic hydroxyl groups is 1. The summed E-state index contributed by atoms with van der Waals surface area (Å²) < 4.78 is 40.1. The third-order valence-electron chi connectivity index (χ3n) is 7.23. The number of rotatable bonds is 4. The predicted molar refractivity (Wildman–Crippen MR) is 163 cm³/mol. The number of terminal acetylenes is 1. The fourth-order valence-corrected chi connectivity index (χ4v) is 6.26. The maximum absolute atomic E-state index is 14.4. The summed E-state index contributed by atoms with van der Waals surface area (Å²) in [4.78, 5) is 24.9. The van der Waals surface area contributed by atoms with Crippen molar-refractivity contribution in [3.63, 3.8) is 0 Å². The van der Waals surface area contributed by atoms with Gasteiger partial charge < -0.3 is 9.84 Å². The quantitative estimate of drug-likeness (QED) is 0.241. The first kappa shape index (κ1) is 31.1. The first-order valence-corrected chi connectivity index (χ1v) is 14.8. The van der Waals surface area contributed by atoms with Crippen LogP contribution >= 0.6 is 46.4 Å². The normalized spacial score (nSPS) is 13.9. The van der Waals surface area contributed by atoms with Crippen LogP contribution in [0, 0.1) is 24.0 Å². The van der Waals surface area contributed by atoms with Crippen molar-refractivity contribution in [1.29, 1.82) is 0 Å². The average Bonchev–Trinajstić information content (AvgIpc) is 3.39. The molecule has 0 saturated heterocycles. The summed E-state index contributed by atoms with van der Waals surface area (Å²) in [6.07, 6.45) is 8.76. The highest BCUT2D eigenvalue weighted by atomic mass is 35.5. The molecule has 2 aliphatic heterocycles. The van der Waals surface area contributed by atoms with Crippen LogP contribution in [0.3, 0.4) is 0 Å². The van der Waals surface area contributed by atoms with Gasteiger partial charge in [-0.25, -0.2) is 18.1 Å². The number of fused-ring (bicyclic) bond motifs is 2. The molecular formula is C29H24Cl4F2N4O4. The second-order valence-electron chi connectivity index (χ2n) is 9.89. The van der Waals surface area contributed by atoms with E-state index in [1.54, 1.807) is 9.36 Å². The van der Waals surface area contributed by atoms with Crippen molar-refractivity contribution in [2.45, 2.75) is 51.9 Å². The lowest BCUT2D eigenvalue weighted by Crippen LogP contribution is -2.27. The molecule has 0 radical (unpaired) electrons. The van der Waals surface area contributed by atoms with Crippen molar-refractivity contribution in [1.82, 2.24) is 18.7 Å². The van der Waals surface area contributed by atoms with Crippen molar-refractivity contribution in [3.05, 3.63) is 77.0 Å². The summed E-state index contributed by atoms with van der Waals surface area (Å²) in [5.41, 5.74) is -0.456. The van der Waals surface area contributed by atoms with Gasteiger partial charge in [0.1, 0.15) is 40.0 Å². The van der Waals surface area contributed by atoms with Crippen LogP contribution in [0.1, 0.15) is 25.7 Å². The maximum atomic E-state index is 14.4. The molecule has 43 heavy (non-hydrogen) atoms. The molecule has 0 bridgehead atoms. The van der Waals surface area contributed by atoms with Crippen LogP contribution in [0.4, 0.5) is 8.78 Å². The smallest absolute Gasteiger partial charge is 0.276 e. The van der Waals surface area contributed by atoms with Crippen molar-refractivity contribution in [2.24, 2.45) is 0 Å². The van der Waals surface area contributed by atoms with Crippen molar-refractivity contribution in [2.75, 3.05) is 6.61 Å². The molecule has 2 aromatic heterocycles. The van der Waals surface area contributed by atoms with E-state index in [9.17, 15) is 23.5 Å². The molecule has 2 aliphatic rings. The van der Waals surface area contributed by atoms with Crippen molar-refractivity contribution >= 4 is 46.4 Å². The van der Waals surface area contributed by atoms with Gasteiger partial charge in [0, 0.05) is 37.3 Å². The second kappa shape index (κ2) is 12.7. The Kier molecular flexibility index (Phi) is 9.18. The number of ether oxygens (including phenoxy) is 1. The molecule has 0 unspecified atom stereocenters. The molecule has 8 nitrogen and oxygen atoms in total. The highest BCUT2D eigenvalue weighted by Crippen LogP contribution is 2.37. The predicted octanol–water partition coefficient (Wildman–Crippen LogP) is 6.83. The van der Waals surface area contributed by atoms with Crippen LogP contribution in [0.2, 0.25) is 20.4 Å². The van der Waals surface area contributed by atoms with E-state index in [1.165, 1.54) is 15.4 Å². The van der Waals surface area contributed by atoms with Gasteiger partial charge in [-0.1, -0.05) is 52.3 Å². The third-order valence-corrected chi connectivity index (χ3v) is 8.60. The van der Waals surface area contributed by atoms with E-state index >= 15 is 0 Å². The molecule has 6 rings (SSSR count). The van der Waals surface area contributed by atoms with Gasteiger partial charge in [0.2, 0.25) is 0 Å². The number of hydrogen-bond donors (Lipinski definition) is 1. The molecule has 4 heterocycles. The van der Waals surface area contributed by atoms with Crippen molar-refractivity contribution in [3.8, 4) is 46.1 Å². The van der Waals surface area contributed by atoms with E-state index in [2.05, 4.69) is 5.92 Å². The van der Waals surface area contributed by atoms with Crippen LogP contribution in [0.5, 0.6) is 11.5 Å². The minimum Gasteiger partial charge on any atom is -0.506 e. The second-order valence-corrected chi connectivity index (χ2v) is 11.4. The van der Waals surface area contributed by atoms with Crippen molar-refractivity contribution < 1.29 is 18.6 Å². The summed E-state index contributed by atoms with van der Waals surface area (Å²) in [5, 5.41) is 10.0. The zero-order valence-electron chi connectivity index (χ0n) is 22.5. The average molecular weight is 672 g/mol. The summed E-state index contributed by atoms with van der Waals surface area (Å²) in [6, 6.07) is 4.57. The van der Waals surface area contributed by atoms with Gasteiger partial charge in [-0.2, -0.15) is 0 Å². The Morgan fingerprint density at radius 1 is 0.744 bits per heavy atom. The molecule has 0 aliphatic carbocycles. The van der Waals surface area contributed by atoms with E-state index in [1.807, 2.05) is 0 Å². The summed E-state index contributed by atoms with van der Waals surface area (Å²) in [5.74, 6) is 0.920. The fourth-order valence-electron chi connectivity index (χ4n) is 5.19. The summed E-state index contributed by atoms with van der Waals surface area (Å²) in [7, 11) is 0. The molecule has 4 aromatic rings. The minimum absolute atomic E-state index is 0.0102. The zero-order chi connectivity index (χ0) is 31.0. The number of aromatic nitrogens is 4. The molecule has 14 heteroatoms. The Labute approximate surface area is 264 Å². The van der Waals surface area contributed by atoms with Gasteiger partial charge in [-0.15, -0.1) is 6.42 Å². The summed E-state index contributed by atoms with van der Waals surface area (Å²) in [6.45, 7) is 2.36. The standard InChI is InChI=1S/C16H13Cl2FN2O2.C13H11Cl2FN2O2/c1-2-7-23-13-8-10(12(19)9-11(13)17)14-15(18)20-5-3-4-6-21(20)16(14)22;14-8-6-9(16)7(5-10(8)19)11-12(15)17-3-1-2-4-18(17)13(11)20/h1,8-9H,3-7H2;5-6,19H,1-4H2. The van der Waals surface area contributed by atoms with Gasteiger partial charge >= 0.3 is 0 Å². The maximum Gasteiger partial charge on any atom is 0.276 e. The van der Waals surface area contributed by atoms with Gasteiger partial charge in [-0.05, 0) is 49.9 Å². The molecule has 2 aromatic carbocycles. The lowest BCUT2D eigenvalue weighted by Gasteiger charge is -2.17. The monoisotopic (exact) mass is 670 g/mol. The van der Waals surface area contributed by atoms with Gasteiger partial charge in [0.15, 0.2) is 0 Å². The van der Waals surface area contributed by atoms with Crippen LogP contribution in [-0.2, 0) is 26.2 Å². The molecule has 226 valence electrons. The lowest BCUT2D eigenvalue weighted by molar-refractivity contribution is 0.356. The number of hydrogen-bond acceptors (Lipinski definition) is 4. The number of phenols is 1. The van der Waals surface area contributed by atoms with Crippen LogP contribution < -0.4 is 15.9 Å². The third kappa shape index (κ3) is 5.79. The first-order chi connectivity index (χ1) is 20.5. The largest absolute Gasteiger partial charge is 0.506 e. The molecule has 1 N–H and O–H groups in total.